The number of ether oxygens (including phenoxy) is 1. The van der Waals surface area contributed by atoms with Crippen LogP contribution >= 0.6 is 0 Å². The summed E-state index contributed by atoms with van der Waals surface area (Å²) in [5.41, 5.74) is 0.588. The molecule has 1 saturated carbocycles. The predicted molar refractivity (Wildman–Crippen MR) is 81.4 cm³/mol. The van der Waals surface area contributed by atoms with Crippen LogP contribution in [0.4, 0.5) is 0 Å². The molecule has 1 heterocycles. The van der Waals surface area contributed by atoms with Gasteiger partial charge in [0.25, 0.3) is 0 Å². The lowest BCUT2D eigenvalue weighted by atomic mass is 9.76. The molecule has 2 aliphatic rings. The molecule has 3 atom stereocenters. The third kappa shape index (κ3) is 4.46. The molecule has 1 aliphatic carbocycles. The van der Waals surface area contributed by atoms with E-state index in [0.717, 1.165) is 19.1 Å². The van der Waals surface area contributed by atoms with Gasteiger partial charge in [0, 0.05) is 19.2 Å². The van der Waals surface area contributed by atoms with Gasteiger partial charge in [-0.05, 0) is 56.8 Å². The SMILES string of the molecule is CC1(CNC2CCCC(C(C)(C)C)CC2)CCCO1. The first-order valence-corrected chi connectivity index (χ1v) is 8.26. The van der Waals surface area contributed by atoms with E-state index in [9.17, 15) is 0 Å². The van der Waals surface area contributed by atoms with Crippen molar-refractivity contribution >= 4 is 0 Å². The van der Waals surface area contributed by atoms with E-state index in [0.29, 0.717) is 11.5 Å². The molecule has 2 fully saturated rings. The van der Waals surface area contributed by atoms with Crippen molar-refractivity contribution in [2.24, 2.45) is 11.3 Å². The standard InChI is InChI=1S/C17H33NO/c1-16(2,3)14-7-5-8-15(10-9-14)18-13-17(4)11-6-12-19-17/h14-15,18H,5-13H2,1-4H3. The van der Waals surface area contributed by atoms with Crippen LogP contribution in [0.25, 0.3) is 0 Å². The van der Waals surface area contributed by atoms with Crippen molar-refractivity contribution in [1.82, 2.24) is 5.32 Å². The highest BCUT2D eigenvalue weighted by Crippen LogP contribution is 2.37. The van der Waals surface area contributed by atoms with Crippen molar-refractivity contribution in [3.63, 3.8) is 0 Å². The van der Waals surface area contributed by atoms with E-state index in [1.54, 1.807) is 0 Å². The molecule has 0 aromatic rings. The van der Waals surface area contributed by atoms with Crippen molar-refractivity contribution in [3.05, 3.63) is 0 Å². The summed E-state index contributed by atoms with van der Waals surface area (Å²) < 4.78 is 5.88. The Morgan fingerprint density at radius 3 is 2.53 bits per heavy atom. The first-order chi connectivity index (χ1) is 8.89. The Balaban J connectivity index is 1.76. The molecular formula is C17H33NO. The van der Waals surface area contributed by atoms with E-state index in [1.807, 2.05) is 0 Å². The molecule has 1 aliphatic heterocycles. The molecule has 2 nitrogen and oxygen atoms in total. The largest absolute Gasteiger partial charge is 0.374 e. The van der Waals surface area contributed by atoms with Gasteiger partial charge in [0.1, 0.15) is 0 Å². The summed E-state index contributed by atoms with van der Waals surface area (Å²) in [4.78, 5) is 0. The van der Waals surface area contributed by atoms with Gasteiger partial charge in [-0.3, -0.25) is 0 Å². The van der Waals surface area contributed by atoms with E-state index >= 15 is 0 Å². The van der Waals surface area contributed by atoms with Gasteiger partial charge >= 0.3 is 0 Å². The maximum Gasteiger partial charge on any atom is 0.0779 e. The molecular weight excluding hydrogens is 234 g/mol. The van der Waals surface area contributed by atoms with Gasteiger partial charge in [-0.25, -0.2) is 0 Å². The van der Waals surface area contributed by atoms with E-state index in [-0.39, 0.29) is 5.60 Å². The summed E-state index contributed by atoms with van der Waals surface area (Å²) in [5, 5.41) is 3.79. The molecule has 0 aromatic heterocycles. The highest BCUT2D eigenvalue weighted by atomic mass is 16.5. The molecule has 0 amide bonds. The molecule has 0 spiro atoms. The van der Waals surface area contributed by atoms with Crippen LogP contribution in [0.15, 0.2) is 0 Å². The predicted octanol–water partition coefficient (Wildman–Crippen LogP) is 4.14. The minimum atomic E-state index is 0.107. The highest BCUT2D eigenvalue weighted by Gasteiger charge is 2.31. The lowest BCUT2D eigenvalue weighted by Crippen LogP contribution is -2.42. The fraction of sp³-hybridized carbons (Fsp3) is 1.00. The summed E-state index contributed by atoms with van der Waals surface area (Å²) in [6, 6.07) is 0.716. The van der Waals surface area contributed by atoms with Crippen LogP contribution < -0.4 is 5.32 Å². The van der Waals surface area contributed by atoms with Gasteiger partial charge in [0.05, 0.1) is 5.60 Å². The minimum Gasteiger partial charge on any atom is -0.374 e. The van der Waals surface area contributed by atoms with Crippen molar-refractivity contribution < 1.29 is 4.74 Å². The fourth-order valence-corrected chi connectivity index (χ4v) is 3.71. The topological polar surface area (TPSA) is 21.3 Å². The van der Waals surface area contributed by atoms with Gasteiger partial charge in [-0.15, -0.1) is 0 Å². The normalized spacial score (nSPS) is 37.3. The number of nitrogens with one attached hydrogen (secondary N) is 1. The zero-order chi connectivity index (χ0) is 13.9. The maximum atomic E-state index is 5.88. The summed E-state index contributed by atoms with van der Waals surface area (Å²) in [7, 11) is 0. The molecule has 0 aromatic carbocycles. The van der Waals surface area contributed by atoms with Crippen LogP contribution in [-0.4, -0.2) is 24.8 Å². The zero-order valence-corrected chi connectivity index (χ0v) is 13.4. The average Bonchev–Trinajstić information content (AvgIpc) is 2.62. The quantitative estimate of drug-likeness (QED) is 0.776. The van der Waals surface area contributed by atoms with Gasteiger partial charge < -0.3 is 10.1 Å². The van der Waals surface area contributed by atoms with E-state index in [2.05, 4.69) is 33.0 Å². The van der Waals surface area contributed by atoms with Crippen LogP contribution in [0.3, 0.4) is 0 Å². The van der Waals surface area contributed by atoms with Gasteiger partial charge in [-0.1, -0.05) is 27.2 Å². The Hall–Kier alpha value is -0.0800. The van der Waals surface area contributed by atoms with Gasteiger partial charge in [0.2, 0.25) is 0 Å². The Morgan fingerprint density at radius 1 is 1.11 bits per heavy atom. The summed E-state index contributed by atoms with van der Waals surface area (Å²) in [6.07, 6.45) is 9.33. The van der Waals surface area contributed by atoms with E-state index in [4.69, 9.17) is 4.74 Å². The number of rotatable bonds is 3. The van der Waals surface area contributed by atoms with Crippen LogP contribution in [0.5, 0.6) is 0 Å². The first-order valence-electron chi connectivity index (χ1n) is 8.26. The van der Waals surface area contributed by atoms with Gasteiger partial charge in [0.15, 0.2) is 0 Å². The lowest BCUT2D eigenvalue weighted by molar-refractivity contribution is 0.0183. The van der Waals surface area contributed by atoms with Crippen molar-refractivity contribution in [3.8, 4) is 0 Å². The third-order valence-corrected chi connectivity index (χ3v) is 5.26. The fourth-order valence-electron chi connectivity index (χ4n) is 3.71. The summed E-state index contributed by atoms with van der Waals surface area (Å²) in [5.74, 6) is 0.901. The molecule has 2 rings (SSSR count). The highest BCUT2D eigenvalue weighted by molar-refractivity contribution is 4.86. The Bertz CT molecular complexity index is 275. The molecule has 0 radical (unpaired) electrons. The second-order valence-corrected chi connectivity index (χ2v) is 8.05. The maximum absolute atomic E-state index is 5.88. The zero-order valence-electron chi connectivity index (χ0n) is 13.4. The summed E-state index contributed by atoms with van der Waals surface area (Å²) in [6.45, 7) is 11.5. The molecule has 0 bridgehead atoms. The second kappa shape index (κ2) is 6.13. The van der Waals surface area contributed by atoms with Crippen LogP contribution in [0.1, 0.15) is 72.6 Å². The Kier molecular flexibility index (Phi) is 4.94. The average molecular weight is 267 g/mol. The van der Waals surface area contributed by atoms with E-state index < -0.39 is 0 Å². The molecule has 112 valence electrons. The van der Waals surface area contributed by atoms with E-state index in [1.165, 1.54) is 44.9 Å². The second-order valence-electron chi connectivity index (χ2n) is 8.05. The number of hydrogen-bond acceptors (Lipinski definition) is 2. The molecule has 19 heavy (non-hydrogen) atoms. The molecule has 3 unspecified atom stereocenters. The smallest absolute Gasteiger partial charge is 0.0779 e. The summed E-state index contributed by atoms with van der Waals surface area (Å²) >= 11 is 0. The van der Waals surface area contributed by atoms with Crippen LogP contribution in [0, 0.1) is 11.3 Å². The number of hydrogen-bond donors (Lipinski definition) is 1. The Morgan fingerprint density at radius 2 is 1.89 bits per heavy atom. The minimum absolute atomic E-state index is 0.107. The monoisotopic (exact) mass is 267 g/mol. The van der Waals surface area contributed by atoms with Crippen molar-refractivity contribution in [2.45, 2.75) is 84.3 Å². The third-order valence-electron chi connectivity index (χ3n) is 5.26. The van der Waals surface area contributed by atoms with Crippen molar-refractivity contribution in [2.75, 3.05) is 13.2 Å². The first kappa shape index (κ1) is 15.3. The Labute approximate surface area is 119 Å². The molecule has 2 heteroatoms. The van der Waals surface area contributed by atoms with Gasteiger partial charge in [-0.2, -0.15) is 0 Å². The molecule has 1 N–H and O–H groups in total. The van der Waals surface area contributed by atoms with Crippen molar-refractivity contribution in [1.29, 1.82) is 0 Å². The lowest BCUT2D eigenvalue weighted by Gasteiger charge is -2.30. The van der Waals surface area contributed by atoms with Crippen LogP contribution in [0.2, 0.25) is 0 Å². The molecule has 1 saturated heterocycles. The van der Waals surface area contributed by atoms with Crippen LogP contribution in [-0.2, 0) is 4.74 Å².